The molecule has 0 aliphatic carbocycles. The summed E-state index contributed by atoms with van der Waals surface area (Å²) in [7, 11) is 0. The van der Waals surface area contributed by atoms with E-state index in [0.29, 0.717) is 11.4 Å². The molecule has 13 aromatic rings. The van der Waals surface area contributed by atoms with Crippen LogP contribution < -0.4 is 14.0 Å². The largest absolute Gasteiger partial charge is 0.668 e. The Morgan fingerprint density at radius 3 is 1.67 bits per heavy atom. The molecule has 17 rings (SSSR count). The van der Waals surface area contributed by atoms with Gasteiger partial charge in [0.15, 0.2) is 18.2 Å². The van der Waals surface area contributed by atoms with Crippen LogP contribution in [0.5, 0.6) is 0 Å². The number of nitrogens with zero attached hydrogens (tertiary/aromatic N) is 9. The molecule has 10 heterocycles. The van der Waals surface area contributed by atoms with Crippen molar-refractivity contribution in [2.75, 3.05) is 4.90 Å². The van der Waals surface area contributed by atoms with E-state index >= 15 is 0 Å². The molecular formula is C83H57F5Ir4N9O4-3. The number of rotatable bonds is 5. The molecule has 1 spiro atoms. The third kappa shape index (κ3) is 18.8. The normalized spacial score (nSPS) is 13.1. The van der Waals surface area contributed by atoms with Crippen LogP contribution in [0.15, 0.2) is 298 Å². The molecular weight excluding hydrogens is 2050 g/mol. The number of aromatic nitrogens is 6. The van der Waals surface area contributed by atoms with Gasteiger partial charge in [0, 0.05) is 158 Å². The number of fused-ring (bicyclic) bond motifs is 16. The number of carboxylic acid groups (broad SMARTS) is 1. The maximum Gasteiger partial charge on any atom is 0.417 e. The van der Waals surface area contributed by atoms with Crippen LogP contribution in [-0.2, 0) is 90.9 Å². The summed E-state index contributed by atoms with van der Waals surface area (Å²) in [6, 6.07) is 84.8. The van der Waals surface area contributed by atoms with Gasteiger partial charge in [0.25, 0.3) is 0 Å². The van der Waals surface area contributed by atoms with Gasteiger partial charge in [-0.25, -0.2) is 14.2 Å². The van der Waals surface area contributed by atoms with Crippen molar-refractivity contribution in [3.63, 3.8) is 0 Å². The first kappa shape index (κ1) is 81.5. The topological polar surface area (TPSA) is 175 Å². The standard InChI is InChI=1S/C23H15FN2.C15H10N2.C12H5F2N2.C11H6F2N.C11H8N.C6H5NO2.C5H8O2.4Ir/c24-16-11-12-20-18(15-16)22-10-4-6-14-26(22)23(20)19-8-2-1-7-17(19)21-9-3-5-13-25(21)23;1-2-7-13-11(5-1)12-6-3-4-8-14(12)17-10-9-16-15(13)17;13-10-5-4-8(12(14)9(10)7-15)11-3-1-2-6-16-11;12-8-4-5-9(10(13)7-8)11-3-1-2-6-14-11;1-2-6-10(7-3-1)11-8-4-5-9-12-11;8-6(9)5-3-1-2-4-7-5;1-4(6)3-5(2)7;;;;/h1-15H;1-6,8-10,15H;1-3,5-6H;1-4,6-7H;1-6,8-9H;1-4H,(H,8,9);3,6H,1-2H3;;;;/q+2;-2;3*-1;;;;;;. The number of halogens is 5. The Kier molecular flexibility index (Phi) is 30.0. The average Bonchev–Trinajstić information content (AvgIpc) is 1.51. The van der Waals surface area contributed by atoms with E-state index in [0.717, 1.165) is 51.8 Å². The molecule has 0 saturated heterocycles. The van der Waals surface area contributed by atoms with E-state index in [1.807, 2.05) is 85.2 Å². The Labute approximate surface area is 657 Å². The number of aliphatic hydroxyl groups is 1. The second kappa shape index (κ2) is 38.6. The molecule has 6 aromatic heterocycles. The molecule has 13 nitrogen and oxygen atoms in total. The Hall–Kier alpha value is -10.8. The fraction of sp³-hybridized carbons (Fsp3) is 0.0482. The third-order valence-electron chi connectivity index (χ3n) is 15.7. The number of pyridine rings is 6. The van der Waals surface area contributed by atoms with E-state index in [9.17, 15) is 31.5 Å². The SMILES string of the molecule is CC(=O)C=C(C)O.Fc1c[c-]c(-c2ccccn2)c(F)c1.Fc1ccc2c(c1)-c1cccc[n+]1C21c2ccccc2-c2cccc[n+]21.N#Cc1c(F)c[c-]c(-c2ccccn2)c1F.O=C(O)c1ccccn1.[Ir].[Ir].[Ir].[Ir].[c-]1cccc2c1C1[N-]C=CN1c1ccccc1-2.[c-]1ccccc1-c1ccccn1. The summed E-state index contributed by atoms with van der Waals surface area (Å²) in [5.41, 5.74) is 13.5. The van der Waals surface area contributed by atoms with Crippen LogP contribution in [0.4, 0.5) is 27.6 Å². The van der Waals surface area contributed by atoms with Crippen LogP contribution in [0.2, 0.25) is 0 Å². The Balaban J connectivity index is 0.000000176. The molecule has 22 heteroatoms. The minimum absolute atomic E-state index is 0. The molecule has 105 heavy (non-hydrogen) atoms. The second-order valence-corrected chi connectivity index (χ2v) is 22.3. The van der Waals surface area contributed by atoms with Crippen molar-refractivity contribution in [2.45, 2.75) is 25.7 Å². The fourth-order valence-electron chi connectivity index (χ4n) is 11.6. The van der Waals surface area contributed by atoms with Gasteiger partial charge in [-0.1, -0.05) is 95.6 Å². The van der Waals surface area contributed by atoms with Crippen molar-refractivity contribution in [1.82, 2.24) is 19.9 Å². The van der Waals surface area contributed by atoms with Crippen LogP contribution in [-0.4, -0.2) is 41.9 Å². The Morgan fingerprint density at radius 1 is 0.543 bits per heavy atom. The van der Waals surface area contributed by atoms with Gasteiger partial charge in [-0.2, -0.15) is 35.7 Å². The van der Waals surface area contributed by atoms with Gasteiger partial charge < -0.3 is 35.4 Å². The van der Waals surface area contributed by atoms with E-state index in [-0.39, 0.29) is 121 Å². The third-order valence-corrected chi connectivity index (χ3v) is 15.7. The number of hydrogen-bond acceptors (Lipinski definition) is 9. The summed E-state index contributed by atoms with van der Waals surface area (Å²) >= 11 is 0. The van der Waals surface area contributed by atoms with Crippen LogP contribution in [0.3, 0.4) is 0 Å². The number of allylic oxidation sites excluding steroid dienone is 2. The summed E-state index contributed by atoms with van der Waals surface area (Å²) in [6.07, 6.45) is 15.6. The number of carbonyl (C=O) groups excluding carboxylic acids is 1. The predicted molar refractivity (Wildman–Crippen MR) is 372 cm³/mol. The number of aromatic carboxylic acids is 1. The number of anilines is 1. The van der Waals surface area contributed by atoms with E-state index in [1.54, 1.807) is 73.1 Å². The van der Waals surface area contributed by atoms with Crippen LogP contribution in [0.1, 0.15) is 52.8 Å². The molecule has 0 fully saturated rings. The number of hydrogen-bond donors (Lipinski definition) is 2. The summed E-state index contributed by atoms with van der Waals surface area (Å²) in [5.74, 6) is -4.39. The molecule has 0 bridgehead atoms. The summed E-state index contributed by atoms with van der Waals surface area (Å²) in [5, 5.41) is 29.8. The summed E-state index contributed by atoms with van der Waals surface area (Å²) in [6.45, 7) is 2.85. The predicted octanol–water partition coefficient (Wildman–Crippen LogP) is 17.4. The van der Waals surface area contributed by atoms with Crippen LogP contribution in [0.25, 0.3) is 72.7 Å². The minimum Gasteiger partial charge on any atom is -0.668 e. The number of benzene rings is 7. The number of nitriles is 1. The number of aliphatic hydroxyl groups excluding tert-OH is 1. The van der Waals surface area contributed by atoms with Crippen LogP contribution >= 0.6 is 0 Å². The second-order valence-electron chi connectivity index (χ2n) is 22.3. The van der Waals surface area contributed by atoms with Crippen molar-refractivity contribution < 1.29 is 131 Å². The molecule has 4 aliphatic rings. The molecule has 532 valence electrons. The monoisotopic (exact) mass is 2110 g/mol. The first-order chi connectivity index (χ1) is 49.2. The van der Waals surface area contributed by atoms with Crippen molar-refractivity contribution in [3.05, 3.63) is 385 Å². The van der Waals surface area contributed by atoms with E-state index < -0.39 is 40.5 Å². The van der Waals surface area contributed by atoms with E-state index in [4.69, 9.17) is 15.5 Å². The maximum absolute atomic E-state index is 14.1. The molecule has 4 radical (unpaired) electrons. The number of para-hydroxylation sites is 1. The van der Waals surface area contributed by atoms with Crippen molar-refractivity contribution >= 4 is 17.4 Å². The molecule has 4 aliphatic heterocycles. The number of carboxylic acids is 1. The first-order valence-corrected chi connectivity index (χ1v) is 31.2. The van der Waals surface area contributed by atoms with Gasteiger partial charge in [0.1, 0.15) is 22.6 Å². The van der Waals surface area contributed by atoms with Crippen molar-refractivity contribution in [3.8, 4) is 73.5 Å². The average molecular weight is 2110 g/mol. The van der Waals surface area contributed by atoms with Gasteiger partial charge >= 0.3 is 11.6 Å². The molecule has 0 amide bonds. The van der Waals surface area contributed by atoms with Gasteiger partial charge in [0.2, 0.25) is 11.4 Å². The molecule has 0 saturated carbocycles. The number of carbonyl (C=O) groups is 2. The molecule has 7 aromatic carbocycles. The van der Waals surface area contributed by atoms with Gasteiger partial charge in [-0.05, 0) is 122 Å². The minimum atomic E-state index is -0.990. The van der Waals surface area contributed by atoms with E-state index in [2.05, 4.69) is 155 Å². The maximum atomic E-state index is 14.1. The quantitative estimate of drug-likeness (QED) is 0.0555. The van der Waals surface area contributed by atoms with E-state index in [1.165, 1.54) is 78.1 Å². The zero-order valence-corrected chi connectivity index (χ0v) is 64.8. The molecule has 2 atom stereocenters. The molecule has 2 N–H and O–H groups in total. The van der Waals surface area contributed by atoms with Crippen molar-refractivity contribution in [2.24, 2.45) is 0 Å². The van der Waals surface area contributed by atoms with Gasteiger partial charge in [-0.15, -0.1) is 80.4 Å². The fourth-order valence-corrected chi connectivity index (χ4v) is 11.6. The Morgan fingerprint density at radius 2 is 1.10 bits per heavy atom. The zero-order valence-electron chi connectivity index (χ0n) is 55.2. The summed E-state index contributed by atoms with van der Waals surface area (Å²) in [4.78, 5) is 38.0. The first-order valence-electron chi connectivity index (χ1n) is 31.2. The zero-order chi connectivity index (χ0) is 70.8. The van der Waals surface area contributed by atoms with Crippen LogP contribution in [0, 0.1) is 64.7 Å². The Bertz CT molecular complexity index is 5120. The molecule has 2 unspecified atom stereocenters. The van der Waals surface area contributed by atoms with Crippen molar-refractivity contribution in [1.29, 1.82) is 5.26 Å². The smallest absolute Gasteiger partial charge is 0.417 e. The number of ketones is 1. The summed E-state index contributed by atoms with van der Waals surface area (Å²) < 4.78 is 71.2. The van der Waals surface area contributed by atoms with Gasteiger partial charge in [-0.3, -0.25) is 22.4 Å². The van der Waals surface area contributed by atoms with Gasteiger partial charge in [0.05, 0.1) is 34.6 Å².